The molecule has 62 heavy (non-hydrogen) atoms. The van der Waals surface area contributed by atoms with Crippen molar-refractivity contribution >= 4 is 23.4 Å². The minimum Gasteiger partial charge on any atom is -0.461 e. The number of nitrogens with zero attached hydrogens (tertiary/aromatic N) is 3. The highest BCUT2D eigenvalue weighted by Gasteiger charge is 2.53. The van der Waals surface area contributed by atoms with E-state index in [9.17, 15) is 28.6 Å². The van der Waals surface area contributed by atoms with E-state index in [1.807, 2.05) is 34.9 Å². The largest absolute Gasteiger partial charge is 0.461 e. The summed E-state index contributed by atoms with van der Waals surface area (Å²) in [5, 5.41) is 33.4. The SMILES string of the molecule is CCC1OC(=O)C(C)C(OC(=O)Cc2ccc(F)cc2)C(C)C(OC2OC(C)CC(N(C)C)C2OC)C(C)(OC)CC(C)C(=NN=C(C)c2ccc(F)cc2)C(C)C(O)C1(C)O. The van der Waals surface area contributed by atoms with Gasteiger partial charge in [-0.05, 0) is 109 Å². The Hall–Kier alpha value is -3.70. The zero-order chi connectivity index (χ0) is 46.3. The van der Waals surface area contributed by atoms with Crippen LogP contribution in [-0.2, 0) is 44.4 Å². The summed E-state index contributed by atoms with van der Waals surface area (Å²) in [6, 6.07) is 11.2. The zero-order valence-electron chi connectivity index (χ0n) is 38.6. The lowest BCUT2D eigenvalue weighted by Gasteiger charge is -2.49. The summed E-state index contributed by atoms with van der Waals surface area (Å²) < 4.78 is 66.0. The predicted octanol–water partition coefficient (Wildman–Crippen LogP) is 6.54. The van der Waals surface area contributed by atoms with Gasteiger partial charge in [-0.3, -0.25) is 9.59 Å². The van der Waals surface area contributed by atoms with Crippen LogP contribution in [0.15, 0.2) is 58.7 Å². The number of esters is 2. The summed E-state index contributed by atoms with van der Waals surface area (Å²) >= 11 is 0. The minimum absolute atomic E-state index is 0.101. The molecule has 0 aliphatic carbocycles. The van der Waals surface area contributed by atoms with Crippen molar-refractivity contribution in [3.8, 4) is 0 Å². The van der Waals surface area contributed by atoms with Gasteiger partial charge < -0.3 is 43.5 Å². The van der Waals surface area contributed by atoms with Crippen LogP contribution in [0.25, 0.3) is 0 Å². The monoisotopic (exact) mass is 873 g/mol. The molecule has 0 bridgehead atoms. The number of methoxy groups -OCH3 is 2. The van der Waals surface area contributed by atoms with E-state index in [-0.39, 0.29) is 31.4 Å². The Balaban J connectivity index is 1.93. The lowest BCUT2D eigenvalue weighted by molar-refractivity contribution is -0.305. The van der Waals surface area contributed by atoms with Gasteiger partial charge in [0.1, 0.15) is 35.5 Å². The molecular weight excluding hydrogens is 805 g/mol. The molecule has 2 saturated heterocycles. The molecule has 13 nitrogen and oxygen atoms in total. The van der Waals surface area contributed by atoms with E-state index < -0.39 is 95.3 Å². The van der Waals surface area contributed by atoms with Crippen molar-refractivity contribution in [2.24, 2.45) is 33.9 Å². The third kappa shape index (κ3) is 12.1. The van der Waals surface area contributed by atoms with Crippen LogP contribution >= 0.6 is 0 Å². The van der Waals surface area contributed by atoms with Gasteiger partial charge in [-0.15, -0.1) is 0 Å². The summed E-state index contributed by atoms with van der Waals surface area (Å²) in [7, 11) is 7.04. The van der Waals surface area contributed by atoms with Crippen LogP contribution in [0.1, 0.15) is 92.7 Å². The Morgan fingerprint density at radius 1 is 0.952 bits per heavy atom. The Bertz CT molecular complexity index is 1840. The normalized spacial score (nSPS) is 36.3. The van der Waals surface area contributed by atoms with Crippen molar-refractivity contribution in [2.45, 2.75) is 148 Å². The second kappa shape index (κ2) is 21.8. The fourth-order valence-corrected chi connectivity index (χ4v) is 9.07. The number of aliphatic hydroxyl groups is 2. The molecule has 2 N–H and O–H groups in total. The Kier molecular flexibility index (Phi) is 17.9. The lowest BCUT2D eigenvalue weighted by Crippen LogP contribution is -2.61. The first-order valence-corrected chi connectivity index (χ1v) is 21.6. The minimum atomic E-state index is -1.99. The molecule has 346 valence electrons. The van der Waals surface area contributed by atoms with Gasteiger partial charge in [0.15, 0.2) is 6.29 Å². The van der Waals surface area contributed by atoms with Gasteiger partial charge in [0.2, 0.25) is 0 Å². The van der Waals surface area contributed by atoms with Crippen molar-refractivity contribution in [2.75, 3.05) is 28.3 Å². The van der Waals surface area contributed by atoms with Crippen LogP contribution in [0.3, 0.4) is 0 Å². The summed E-state index contributed by atoms with van der Waals surface area (Å²) in [4.78, 5) is 30.3. The summed E-state index contributed by atoms with van der Waals surface area (Å²) in [6.45, 7) is 15.7. The summed E-state index contributed by atoms with van der Waals surface area (Å²) in [5.41, 5.74) is -1.25. The van der Waals surface area contributed by atoms with E-state index >= 15 is 0 Å². The number of likely N-dealkylation sites (N-methyl/N-ethyl adjacent to an activating group) is 1. The van der Waals surface area contributed by atoms with E-state index in [0.717, 1.165) is 0 Å². The number of cyclic esters (lactones) is 1. The average Bonchev–Trinajstić information content (AvgIpc) is 3.23. The van der Waals surface area contributed by atoms with Gasteiger partial charge in [-0.2, -0.15) is 10.2 Å². The summed E-state index contributed by atoms with van der Waals surface area (Å²) in [5.74, 6) is -5.64. The number of hydrogen-bond acceptors (Lipinski definition) is 13. The molecule has 0 amide bonds. The third-order valence-electron chi connectivity index (χ3n) is 12.9. The second-order valence-electron chi connectivity index (χ2n) is 17.9. The molecule has 14 atom stereocenters. The zero-order valence-corrected chi connectivity index (χ0v) is 38.6. The summed E-state index contributed by atoms with van der Waals surface area (Å²) in [6.07, 6.45) is -5.90. The van der Waals surface area contributed by atoms with E-state index in [1.54, 1.807) is 53.9 Å². The fourth-order valence-electron chi connectivity index (χ4n) is 9.07. The van der Waals surface area contributed by atoms with Crippen molar-refractivity contribution in [3.63, 3.8) is 0 Å². The number of carbonyl (C=O) groups is 2. The Morgan fingerprint density at radius 2 is 1.55 bits per heavy atom. The molecule has 2 aromatic carbocycles. The maximum Gasteiger partial charge on any atom is 0.312 e. The van der Waals surface area contributed by atoms with Gasteiger partial charge >= 0.3 is 11.9 Å². The molecule has 2 heterocycles. The maximum atomic E-state index is 14.4. The molecule has 0 spiro atoms. The van der Waals surface area contributed by atoms with Gasteiger partial charge in [0, 0.05) is 37.8 Å². The highest BCUT2D eigenvalue weighted by atomic mass is 19.1. The van der Waals surface area contributed by atoms with E-state index in [0.29, 0.717) is 29.0 Å². The van der Waals surface area contributed by atoms with Crippen molar-refractivity contribution in [1.82, 2.24) is 4.90 Å². The molecule has 15 heteroatoms. The third-order valence-corrected chi connectivity index (χ3v) is 12.9. The lowest BCUT2D eigenvalue weighted by atomic mass is 9.73. The number of carbonyl (C=O) groups excluding carboxylic acids is 2. The van der Waals surface area contributed by atoms with Crippen LogP contribution in [-0.4, -0.2) is 127 Å². The molecule has 14 unspecified atom stereocenters. The van der Waals surface area contributed by atoms with Gasteiger partial charge in [-0.25, -0.2) is 8.78 Å². The second-order valence-corrected chi connectivity index (χ2v) is 17.9. The first kappa shape index (κ1) is 50.9. The molecule has 2 aliphatic heterocycles. The average molecular weight is 874 g/mol. The highest BCUT2D eigenvalue weighted by molar-refractivity contribution is 5.99. The van der Waals surface area contributed by atoms with Crippen LogP contribution in [0.5, 0.6) is 0 Å². The molecule has 0 aromatic heterocycles. The smallest absolute Gasteiger partial charge is 0.312 e. The number of hydrogen-bond donors (Lipinski definition) is 2. The molecular formula is C47H69F2N3O10. The van der Waals surface area contributed by atoms with Crippen molar-refractivity contribution in [1.29, 1.82) is 0 Å². The van der Waals surface area contributed by atoms with Crippen LogP contribution < -0.4 is 0 Å². The first-order valence-electron chi connectivity index (χ1n) is 21.6. The van der Waals surface area contributed by atoms with Crippen LogP contribution in [0.2, 0.25) is 0 Å². The van der Waals surface area contributed by atoms with E-state index in [4.69, 9.17) is 33.5 Å². The number of benzene rings is 2. The van der Waals surface area contributed by atoms with E-state index in [1.165, 1.54) is 50.4 Å². The molecule has 0 radical (unpaired) electrons. The highest BCUT2D eigenvalue weighted by Crippen LogP contribution is 2.40. The number of rotatable bonds is 11. The quantitative estimate of drug-likeness (QED) is 0.144. The fraction of sp³-hybridized carbons (Fsp3) is 0.660. The van der Waals surface area contributed by atoms with Crippen molar-refractivity contribution in [3.05, 3.63) is 71.3 Å². The van der Waals surface area contributed by atoms with Gasteiger partial charge in [0.25, 0.3) is 0 Å². The topological polar surface area (TPSA) is 158 Å². The standard InChI is InChI=1S/C47H69F2N3O10/c1-14-37-47(9,56)42(54)28(4)39(51-50-31(7)33-17-21-35(49)22-18-33)26(2)25-46(8,58-13)43(62-45-41(57-12)36(52(10)11)23-27(3)59-45)29(5)40(30(6)44(55)60-37)61-38(53)24-32-15-19-34(48)20-16-32/h15-22,26-30,36-37,40-43,45,54,56H,14,23-25H2,1-13H3. The molecule has 4 rings (SSSR count). The Labute approximate surface area is 366 Å². The number of aliphatic hydroxyl groups excluding tert-OH is 1. The molecule has 2 fully saturated rings. The first-order chi connectivity index (χ1) is 29.1. The molecule has 2 aromatic rings. The van der Waals surface area contributed by atoms with Crippen LogP contribution in [0.4, 0.5) is 8.78 Å². The van der Waals surface area contributed by atoms with Crippen molar-refractivity contribution < 1.29 is 57.0 Å². The maximum absolute atomic E-state index is 14.4. The number of ether oxygens (including phenoxy) is 6. The Morgan fingerprint density at radius 3 is 2.10 bits per heavy atom. The van der Waals surface area contributed by atoms with Gasteiger partial charge in [-0.1, -0.05) is 52.0 Å². The van der Waals surface area contributed by atoms with Gasteiger partial charge in [0.05, 0.1) is 42.0 Å². The van der Waals surface area contributed by atoms with E-state index in [2.05, 4.69) is 10.0 Å². The number of halogens is 2. The molecule has 0 saturated carbocycles. The molecule has 2 aliphatic rings. The van der Waals surface area contributed by atoms with Crippen LogP contribution in [0, 0.1) is 35.3 Å². The predicted molar refractivity (Wildman–Crippen MR) is 232 cm³/mol.